The number of hydrogen-bond donors (Lipinski definition) is 0. The van der Waals surface area contributed by atoms with Gasteiger partial charge < -0.3 is 4.57 Å². The number of rotatable bonds is 2. The molecule has 3 rings (SSSR count). The summed E-state index contributed by atoms with van der Waals surface area (Å²) in [5.41, 5.74) is 3.03. The van der Waals surface area contributed by atoms with Crippen LogP contribution in [0.3, 0.4) is 0 Å². The van der Waals surface area contributed by atoms with Crippen LogP contribution in [0.4, 0.5) is 0 Å². The van der Waals surface area contributed by atoms with Crippen molar-refractivity contribution in [1.29, 1.82) is 0 Å². The summed E-state index contributed by atoms with van der Waals surface area (Å²) in [5.74, 6) is 6.96. The van der Waals surface area contributed by atoms with Gasteiger partial charge in [0, 0.05) is 10.6 Å². The predicted molar refractivity (Wildman–Crippen MR) is 83.6 cm³/mol. The van der Waals surface area contributed by atoms with Gasteiger partial charge in [0.2, 0.25) is 0 Å². The largest absolute Gasteiger partial charge is 0.312 e. The van der Waals surface area contributed by atoms with Crippen LogP contribution < -0.4 is 0 Å². The molecule has 0 aliphatic rings. The molecule has 0 fully saturated rings. The molecule has 3 heteroatoms. The first-order chi connectivity index (χ1) is 9.79. The quantitative estimate of drug-likeness (QED) is 0.637. The molecule has 1 aromatic heterocycles. The lowest BCUT2D eigenvalue weighted by Gasteiger charge is -2.05. The fourth-order valence-electron chi connectivity index (χ4n) is 2.22. The SMILES string of the molecule is CC#CCn1c(-c2ccccc2)nc2ccc(Cl)cc21. The lowest BCUT2D eigenvalue weighted by molar-refractivity contribution is 0.881. The second-order valence-corrected chi connectivity index (χ2v) is 4.88. The second kappa shape index (κ2) is 5.40. The first-order valence-corrected chi connectivity index (χ1v) is 6.78. The topological polar surface area (TPSA) is 17.8 Å². The number of imidazole rings is 1. The number of fused-ring (bicyclic) bond motifs is 1. The van der Waals surface area contributed by atoms with Crippen LogP contribution in [0, 0.1) is 11.8 Å². The minimum Gasteiger partial charge on any atom is -0.312 e. The van der Waals surface area contributed by atoms with Gasteiger partial charge >= 0.3 is 0 Å². The fourth-order valence-corrected chi connectivity index (χ4v) is 2.39. The molecule has 0 saturated heterocycles. The van der Waals surface area contributed by atoms with Crippen molar-refractivity contribution in [1.82, 2.24) is 9.55 Å². The summed E-state index contributed by atoms with van der Waals surface area (Å²) in [6, 6.07) is 15.9. The van der Waals surface area contributed by atoms with Crippen LogP contribution >= 0.6 is 11.6 Å². The third kappa shape index (κ3) is 2.29. The van der Waals surface area contributed by atoms with E-state index in [4.69, 9.17) is 16.6 Å². The Morgan fingerprint density at radius 2 is 1.95 bits per heavy atom. The Hall–Kier alpha value is -2.24. The molecule has 2 nitrogen and oxygen atoms in total. The zero-order valence-electron chi connectivity index (χ0n) is 11.1. The normalized spacial score (nSPS) is 10.3. The van der Waals surface area contributed by atoms with Crippen molar-refractivity contribution in [2.45, 2.75) is 13.5 Å². The molecule has 3 aromatic rings. The van der Waals surface area contributed by atoms with Crippen LogP contribution in [0.1, 0.15) is 6.92 Å². The summed E-state index contributed by atoms with van der Waals surface area (Å²) >= 11 is 6.10. The van der Waals surface area contributed by atoms with Crippen molar-refractivity contribution in [2.24, 2.45) is 0 Å². The van der Waals surface area contributed by atoms with Crippen LogP contribution in [0.5, 0.6) is 0 Å². The Morgan fingerprint density at radius 3 is 2.70 bits per heavy atom. The van der Waals surface area contributed by atoms with Crippen LogP contribution in [0.15, 0.2) is 48.5 Å². The first-order valence-electron chi connectivity index (χ1n) is 6.40. The summed E-state index contributed by atoms with van der Waals surface area (Å²) in [6.45, 7) is 2.45. The molecule has 98 valence electrons. The molecule has 0 radical (unpaired) electrons. The van der Waals surface area contributed by atoms with Crippen molar-refractivity contribution in [3.8, 4) is 23.2 Å². The maximum atomic E-state index is 6.10. The fraction of sp³-hybridized carbons (Fsp3) is 0.118. The van der Waals surface area contributed by atoms with E-state index in [0.29, 0.717) is 11.6 Å². The zero-order chi connectivity index (χ0) is 13.9. The lowest BCUT2D eigenvalue weighted by atomic mass is 10.2. The van der Waals surface area contributed by atoms with Gasteiger partial charge in [0.25, 0.3) is 0 Å². The average Bonchev–Trinajstić information content (AvgIpc) is 2.84. The van der Waals surface area contributed by atoms with Crippen molar-refractivity contribution < 1.29 is 0 Å². The van der Waals surface area contributed by atoms with Gasteiger partial charge in [-0.25, -0.2) is 4.98 Å². The molecule has 0 bridgehead atoms. The van der Waals surface area contributed by atoms with E-state index in [0.717, 1.165) is 22.4 Å². The van der Waals surface area contributed by atoms with Gasteiger partial charge in [-0.2, -0.15) is 0 Å². The molecule has 0 aliphatic carbocycles. The van der Waals surface area contributed by atoms with E-state index >= 15 is 0 Å². The molecule has 0 saturated carbocycles. The maximum Gasteiger partial charge on any atom is 0.141 e. The van der Waals surface area contributed by atoms with Crippen LogP contribution in [-0.2, 0) is 6.54 Å². The highest BCUT2D eigenvalue weighted by Gasteiger charge is 2.11. The minimum absolute atomic E-state index is 0.609. The molecule has 1 heterocycles. The van der Waals surface area contributed by atoms with E-state index in [2.05, 4.69) is 28.5 Å². The van der Waals surface area contributed by atoms with E-state index < -0.39 is 0 Å². The Balaban J connectivity index is 2.27. The van der Waals surface area contributed by atoms with Gasteiger partial charge in [-0.1, -0.05) is 47.9 Å². The van der Waals surface area contributed by atoms with E-state index in [1.165, 1.54) is 0 Å². The summed E-state index contributed by atoms with van der Waals surface area (Å²) in [6.07, 6.45) is 0. The monoisotopic (exact) mass is 280 g/mol. The van der Waals surface area contributed by atoms with Gasteiger partial charge in [0.1, 0.15) is 5.82 Å². The Kier molecular flexibility index (Phi) is 3.45. The number of hydrogen-bond acceptors (Lipinski definition) is 1. The standard InChI is InChI=1S/C17H13ClN2/c1-2-3-11-20-16-12-14(18)9-10-15(16)19-17(20)13-7-5-4-6-8-13/h4-10,12H,11H2,1H3. The van der Waals surface area contributed by atoms with Crippen molar-refractivity contribution in [3.05, 3.63) is 53.6 Å². The first kappa shape index (κ1) is 12.8. The number of aromatic nitrogens is 2. The Labute approximate surface area is 123 Å². The summed E-state index contributed by atoms with van der Waals surface area (Å²) in [7, 11) is 0. The molecular weight excluding hydrogens is 268 g/mol. The third-order valence-corrected chi connectivity index (χ3v) is 3.39. The van der Waals surface area contributed by atoms with E-state index in [1.807, 2.05) is 43.3 Å². The predicted octanol–water partition coefficient (Wildman–Crippen LogP) is 4.38. The summed E-state index contributed by atoms with van der Waals surface area (Å²) in [5, 5.41) is 0.711. The Morgan fingerprint density at radius 1 is 1.15 bits per heavy atom. The van der Waals surface area contributed by atoms with Gasteiger partial charge in [-0.15, -0.1) is 5.92 Å². The molecule has 0 spiro atoms. The maximum absolute atomic E-state index is 6.10. The van der Waals surface area contributed by atoms with Crippen molar-refractivity contribution in [3.63, 3.8) is 0 Å². The zero-order valence-corrected chi connectivity index (χ0v) is 11.9. The minimum atomic E-state index is 0.609. The molecule has 2 aromatic carbocycles. The van der Waals surface area contributed by atoms with Crippen molar-refractivity contribution >= 4 is 22.6 Å². The van der Waals surface area contributed by atoms with Crippen LogP contribution in [0.2, 0.25) is 5.02 Å². The molecule has 20 heavy (non-hydrogen) atoms. The number of nitrogens with zero attached hydrogens (tertiary/aromatic N) is 2. The highest BCUT2D eigenvalue weighted by molar-refractivity contribution is 6.31. The third-order valence-electron chi connectivity index (χ3n) is 3.16. The van der Waals surface area contributed by atoms with E-state index in [9.17, 15) is 0 Å². The van der Waals surface area contributed by atoms with Crippen LogP contribution in [0.25, 0.3) is 22.4 Å². The van der Waals surface area contributed by atoms with Crippen LogP contribution in [-0.4, -0.2) is 9.55 Å². The summed E-state index contributed by atoms with van der Waals surface area (Å²) in [4.78, 5) is 4.71. The smallest absolute Gasteiger partial charge is 0.141 e. The van der Waals surface area contributed by atoms with E-state index in [-0.39, 0.29) is 0 Å². The van der Waals surface area contributed by atoms with Gasteiger partial charge in [-0.05, 0) is 25.1 Å². The lowest BCUT2D eigenvalue weighted by Crippen LogP contribution is -1.98. The molecule has 0 unspecified atom stereocenters. The molecule has 0 atom stereocenters. The van der Waals surface area contributed by atoms with E-state index in [1.54, 1.807) is 0 Å². The number of benzene rings is 2. The molecule has 0 amide bonds. The number of halogens is 1. The Bertz CT molecular complexity index is 807. The molecular formula is C17H13ClN2. The van der Waals surface area contributed by atoms with Gasteiger partial charge in [0.05, 0.1) is 17.6 Å². The highest BCUT2D eigenvalue weighted by atomic mass is 35.5. The summed E-state index contributed by atoms with van der Waals surface area (Å²) < 4.78 is 2.10. The molecule has 0 N–H and O–H groups in total. The van der Waals surface area contributed by atoms with Crippen molar-refractivity contribution in [2.75, 3.05) is 0 Å². The van der Waals surface area contributed by atoms with Gasteiger partial charge in [0.15, 0.2) is 0 Å². The molecule has 0 aliphatic heterocycles. The van der Waals surface area contributed by atoms with Gasteiger partial charge in [-0.3, -0.25) is 0 Å². The second-order valence-electron chi connectivity index (χ2n) is 4.45. The average molecular weight is 281 g/mol. The highest BCUT2D eigenvalue weighted by Crippen LogP contribution is 2.26.